The van der Waals surface area contributed by atoms with E-state index in [-0.39, 0.29) is 5.92 Å². The molecule has 0 unspecified atom stereocenters. The van der Waals surface area contributed by atoms with Crippen LogP contribution in [0.3, 0.4) is 0 Å². The Labute approximate surface area is 71.7 Å². The van der Waals surface area contributed by atoms with Crippen molar-refractivity contribution in [1.29, 1.82) is 0 Å². The van der Waals surface area contributed by atoms with E-state index in [9.17, 15) is 4.79 Å². The molecule has 1 saturated heterocycles. The van der Waals surface area contributed by atoms with Crippen molar-refractivity contribution in [2.24, 2.45) is 17.3 Å². The van der Waals surface area contributed by atoms with Gasteiger partial charge in [0.2, 0.25) is 0 Å². The third kappa shape index (κ3) is 0.891. The molecule has 0 radical (unpaired) electrons. The molecule has 0 spiro atoms. The molecule has 1 aliphatic heterocycles. The average molecular weight is 170 g/mol. The van der Waals surface area contributed by atoms with Gasteiger partial charge in [0.05, 0.1) is 18.6 Å². The van der Waals surface area contributed by atoms with Crippen molar-refractivity contribution in [3.63, 3.8) is 0 Å². The van der Waals surface area contributed by atoms with Gasteiger partial charge in [-0.15, -0.1) is 0 Å². The van der Waals surface area contributed by atoms with E-state index in [0.29, 0.717) is 19.1 Å². The summed E-state index contributed by atoms with van der Waals surface area (Å²) in [7, 11) is 0. The molecule has 1 saturated carbocycles. The maximum absolute atomic E-state index is 11.0. The topological polar surface area (TPSA) is 46.5 Å². The predicted molar refractivity (Wildman–Crippen MR) is 42.8 cm³/mol. The van der Waals surface area contributed by atoms with Crippen LogP contribution in [0.15, 0.2) is 0 Å². The minimum Gasteiger partial charge on any atom is -0.481 e. The fourth-order valence-corrected chi connectivity index (χ4v) is 2.42. The third-order valence-electron chi connectivity index (χ3n) is 3.27. The smallest absolute Gasteiger partial charge is 0.310 e. The highest BCUT2D eigenvalue weighted by atomic mass is 16.5. The lowest BCUT2D eigenvalue weighted by atomic mass is 9.56. The van der Waals surface area contributed by atoms with Gasteiger partial charge in [-0.2, -0.15) is 0 Å². The third-order valence-corrected chi connectivity index (χ3v) is 3.27. The molecule has 12 heavy (non-hydrogen) atoms. The zero-order valence-corrected chi connectivity index (χ0v) is 7.25. The van der Waals surface area contributed by atoms with Gasteiger partial charge in [0.15, 0.2) is 0 Å². The number of ether oxygens (including phenoxy) is 1. The monoisotopic (exact) mass is 170 g/mol. The summed E-state index contributed by atoms with van der Waals surface area (Å²) in [4.78, 5) is 11.0. The van der Waals surface area contributed by atoms with E-state index in [1.165, 1.54) is 0 Å². The van der Waals surface area contributed by atoms with E-state index in [0.717, 1.165) is 12.8 Å². The van der Waals surface area contributed by atoms with Crippen molar-refractivity contribution in [2.75, 3.05) is 13.2 Å². The molecule has 2 fully saturated rings. The summed E-state index contributed by atoms with van der Waals surface area (Å²) >= 11 is 0. The molecule has 0 aromatic heterocycles. The Morgan fingerprint density at radius 1 is 1.50 bits per heavy atom. The zero-order valence-electron chi connectivity index (χ0n) is 7.25. The van der Waals surface area contributed by atoms with Crippen LogP contribution in [0, 0.1) is 17.3 Å². The number of carboxylic acid groups (broad SMARTS) is 1. The standard InChI is InChI=1S/C9H14O3/c1-6-2-9(3-6,8(10)11)7-4-12-5-7/h6-7H,2-5H2,1H3,(H,10,11). The fourth-order valence-electron chi connectivity index (χ4n) is 2.42. The van der Waals surface area contributed by atoms with Crippen LogP contribution in [0.5, 0.6) is 0 Å². The van der Waals surface area contributed by atoms with Gasteiger partial charge in [0.1, 0.15) is 0 Å². The molecule has 1 N–H and O–H groups in total. The van der Waals surface area contributed by atoms with Crippen molar-refractivity contribution in [3.05, 3.63) is 0 Å². The molecule has 3 nitrogen and oxygen atoms in total. The summed E-state index contributed by atoms with van der Waals surface area (Å²) in [6.45, 7) is 3.42. The number of hydrogen-bond acceptors (Lipinski definition) is 2. The van der Waals surface area contributed by atoms with Crippen LogP contribution in [0.4, 0.5) is 0 Å². The molecule has 2 aliphatic rings. The SMILES string of the molecule is CC1CC(C(=O)O)(C2COC2)C1. The quantitative estimate of drug-likeness (QED) is 0.675. The molecular weight excluding hydrogens is 156 g/mol. The number of hydrogen-bond donors (Lipinski definition) is 1. The highest BCUT2D eigenvalue weighted by molar-refractivity contribution is 5.76. The van der Waals surface area contributed by atoms with Crippen LogP contribution in [0.2, 0.25) is 0 Å². The Bertz CT molecular complexity index is 202. The summed E-state index contributed by atoms with van der Waals surface area (Å²) in [5.41, 5.74) is -0.419. The number of carbonyl (C=O) groups is 1. The zero-order chi connectivity index (χ0) is 8.77. The molecule has 0 bridgehead atoms. The Morgan fingerprint density at radius 3 is 2.33 bits per heavy atom. The molecule has 0 aromatic carbocycles. The van der Waals surface area contributed by atoms with Gasteiger partial charge in [-0.3, -0.25) is 4.79 Å². The summed E-state index contributed by atoms with van der Waals surface area (Å²) in [5.74, 6) is 0.252. The summed E-state index contributed by atoms with van der Waals surface area (Å²) in [6.07, 6.45) is 1.69. The highest BCUT2D eigenvalue weighted by Crippen LogP contribution is 2.53. The Hall–Kier alpha value is -0.570. The van der Waals surface area contributed by atoms with Gasteiger partial charge >= 0.3 is 5.97 Å². The van der Waals surface area contributed by atoms with E-state index in [1.54, 1.807) is 0 Å². The van der Waals surface area contributed by atoms with Crippen LogP contribution < -0.4 is 0 Å². The molecule has 0 amide bonds. The molecule has 68 valence electrons. The summed E-state index contributed by atoms with van der Waals surface area (Å²) in [6, 6.07) is 0. The minimum absolute atomic E-state index is 0.284. The Morgan fingerprint density at radius 2 is 2.08 bits per heavy atom. The van der Waals surface area contributed by atoms with Crippen molar-refractivity contribution < 1.29 is 14.6 Å². The van der Waals surface area contributed by atoms with Crippen molar-refractivity contribution in [2.45, 2.75) is 19.8 Å². The normalized spacial score (nSPS) is 41.6. The summed E-state index contributed by atoms with van der Waals surface area (Å²) in [5, 5.41) is 9.08. The first-order chi connectivity index (χ1) is 5.65. The molecule has 0 atom stereocenters. The van der Waals surface area contributed by atoms with Gasteiger partial charge < -0.3 is 9.84 Å². The molecular formula is C9H14O3. The molecule has 1 aliphatic carbocycles. The Balaban J connectivity index is 2.07. The maximum Gasteiger partial charge on any atom is 0.310 e. The van der Waals surface area contributed by atoms with Gasteiger partial charge in [-0.1, -0.05) is 6.92 Å². The molecule has 1 heterocycles. The number of rotatable bonds is 2. The lowest BCUT2D eigenvalue weighted by Gasteiger charge is -2.51. The van der Waals surface area contributed by atoms with Crippen molar-refractivity contribution in [3.8, 4) is 0 Å². The molecule has 0 aromatic rings. The highest BCUT2D eigenvalue weighted by Gasteiger charge is 2.55. The van der Waals surface area contributed by atoms with Crippen LogP contribution >= 0.6 is 0 Å². The first-order valence-corrected chi connectivity index (χ1v) is 4.46. The second-order valence-electron chi connectivity index (χ2n) is 4.21. The first kappa shape index (κ1) is 8.05. The minimum atomic E-state index is -0.617. The van der Waals surface area contributed by atoms with E-state index >= 15 is 0 Å². The number of carboxylic acids is 1. The second-order valence-corrected chi connectivity index (χ2v) is 4.21. The largest absolute Gasteiger partial charge is 0.481 e. The number of aliphatic carboxylic acids is 1. The predicted octanol–water partition coefficient (Wildman–Crippen LogP) is 1.13. The summed E-state index contributed by atoms with van der Waals surface area (Å²) < 4.78 is 5.04. The van der Waals surface area contributed by atoms with Gasteiger partial charge in [0.25, 0.3) is 0 Å². The van der Waals surface area contributed by atoms with Crippen LogP contribution in [-0.4, -0.2) is 24.3 Å². The molecule has 3 heteroatoms. The van der Waals surface area contributed by atoms with E-state index in [1.807, 2.05) is 0 Å². The first-order valence-electron chi connectivity index (χ1n) is 4.46. The van der Waals surface area contributed by atoms with Crippen LogP contribution in [0.25, 0.3) is 0 Å². The average Bonchev–Trinajstić information content (AvgIpc) is 1.78. The van der Waals surface area contributed by atoms with Gasteiger partial charge in [0, 0.05) is 5.92 Å². The Kier molecular flexibility index (Phi) is 1.65. The maximum atomic E-state index is 11.0. The second kappa shape index (κ2) is 2.46. The molecule has 2 rings (SSSR count). The van der Waals surface area contributed by atoms with Crippen molar-refractivity contribution >= 4 is 5.97 Å². The van der Waals surface area contributed by atoms with Gasteiger partial charge in [-0.05, 0) is 18.8 Å². The van der Waals surface area contributed by atoms with E-state index < -0.39 is 11.4 Å². The lowest BCUT2D eigenvalue weighted by molar-refractivity contribution is -0.187. The van der Waals surface area contributed by atoms with Crippen LogP contribution in [0.1, 0.15) is 19.8 Å². The van der Waals surface area contributed by atoms with Crippen LogP contribution in [-0.2, 0) is 9.53 Å². The van der Waals surface area contributed by atoms with Crippen molar-refractivity contribution in [1.82, 2.24) is 0 Å². The van der Waals surface area contributed by atoms with E-state index in [4.69, 9.17) is 9.84 Å². The van der Waals surface area contributed by atoms with E-state index in [2.05, 4.69) is 6.92 Å². The fraction of sp³-hybridized carbons (Fsp3) is 0.889. The van der Waals surface area contributed by atoms with Gasteiger partial charge in [-0.25, -0.2) is 0 Å². The lowest BCUT2D eigenvalue weighted by Crippen LogP contribution is -2.55.